The van der Waals surface area contributed by atoms with Gasteiger partial charge in [-0.25, -0.2) is 0 Å². The first-order valence-corrected chi connectivity index (χ1v) is 7.09. The second kappa shape index (κ2) is 7.52. The quantitative estimate of drug-likeness (QED) is 0.721. The molecule has 0 saturated carbocycles. The third-order valence-corrected chi connectivity index (χ3v) is 3.51. The minimum absolute atomic E-state index is 0.766. The smallest absolute Gasteiger partial charge is 0.0233 e. The van der Waals surface area contributed by atoms with Crippen LogP contribution in [-0.2, 0) is 13.1 Å². The molecule has 18 heavy (non-hydrogen) atoms. The molecule has 0 amide bonds. The highest BCUT2D eigenvalue weighted by molar-refractivity contribution is 5.22. The van der Waals surface area contributed by atoms with Crippen LogP contribution in [0.4, 0.5) is 0 Å². The van der Waals surface area contributed by atoms with Gasteiger partial charge in [0.15, 0.2) is 0 Å². The number of benzene rings is 1. The number of nitrogens with one attached hydrogen (secondary N) is 1. The molecule has 0 aliphatic carbocycles. The van der Waals surface area contributed by atoms with Gasteiger partial charge in [0.1, 0.15) is 0 Å². The van der Waals surface area contributed by atoms with Gasteiger partial charge in [0.2, 0.25) is 0 Å². The molecule has 1 aliphatic rings. The van der Waals surface area contributed by atoms with E-state index in [-0.39, 0.29) is 0 Å². The second-order valence-electron chi connectivity index (χ2n) is 5.12. The van der Waals surface area contributed by atoms with Crippen molar-refractivity contribution in [2.75, 3.05) is 26.2 Å². The largest absolute Gasteiger partial charge is 0.330 e. The molecule has 0 spiro atoms. The van der Waals surface area contributed by atoms with E-state index in [0.29, 0.717) is 0 Å². The van der Waals surface area contributed by atoms with E-state index < -0.39 is 0 Å². The number of likely N-dealkylation sites (tertiary alicyclic amines) is 1. The summed E-state index contributed by atoms with van der Waals surface area (Å²) in [7, 11) is 0. The monoisotopic (exact) mass is 247 g/mol. The molecular formula is C15H25N3. The van der Waals surface area contributed by atoms with E-state index in [0.717, 1.165) is 32.6 Å². The van der Waals surface area contributed by atoms with Gasteiger partial charge in [-0.2, -0.15) is 0 Å². The van der Waals surface area contributed by atoms with Gasteiger partial charge in [0.05, 0.1) is 0 Å². The van der Waals surface area contributed by atoms with Gasteiger partial charge in [0, 0.05) is 13.1 Å². The summed E-state index contributed by atoms with van der Waals surface area (Å²) in [5.74, 6) is 0. The van der Waals surface area contributed by atoms with Gasteiger partial charge in [-0.05, 0) is 56.6 Å². The summed E-state index contributed by atoms with van der Waals surface area (Å²) < 4.78 is 0. The molecular weight excluding hydrogens is 222 g/mol. The number of hydrogen-bond acceptors (Lipinski definition) is 3. The Labute approximate surface area is 110 Å². The van der Waals surface area contributed by atoms with E-state index in [9.17, 15) is 0 Å². The van der Waals surface area contributed by atoms with Crippen molar-refractivity contribution in [1.29, 1.82) is 0 Å². The van der Waals surface area contributed by atoms with Gasteiger partial charge < -0.3 is 11.1 Å². The predicted octanol–water partition coefficient (Wildman–Crippen LogP) is 1.72. The SMILES string of the molecule is NCCCNCc1ccc(CN2CCCC2)cc1. The van der Waals surface area contributed by atoms with Crippen molar-refractivity contribution < 1.29 is 0 Å². The Bertz CT molecular complexity index is 328. The van der Waals surface area contributed by atoms with Crippen LogP contribution in [0.3, 0.4) is 0 Å². The lowest BCUT2D eigenvalue weighted by Gasteiger charge is -2.14. The van der Waals surface area contributed by atoms with Crippen LogP contribution < -0.4 is 11.1 Å². The lowest BCUT2D eigenvalue weighted by atomic mass is 10.1. The van der Waals surface area contributed by atoms with Crippen molar-refractivity contribution >= 4 is 0 Å². The van der Waals surface area contributed by atoms with Crippen LogP contribution in [0.5, 0.6) is 0 Å². The Kier molecular flexibility index (Phi) is 5.65. The molecule has 3 nitrogen and oxygen atoms in total. The molecule has 1 fully saturated rings. The van der Waals surface area contributed by atoms with Crippen LogP contribution in [0, 0.1) is 0 Å². The highest BCUT2D eigenvalue weighted by atomic mass is 15.1. The molecule has 3 N–H and O–H groups in total. The van der Waals surface area contributed by atoms with Gasteiger partial charge in [-0.15, -0.1) is 0 Å². The molecule has 1 aliphatic heterocycles. The van der Waals surface area contributed by atoms with E-state index in [1.165, 1.54) is 37.1 Å². The Hall–Kier alpha value is -0.900. The van der Waals surface area contributed by atoms with E-state index >= 15 is 0 Å². The van der Waals surface area contributed by atoms with E-state index in [4.69, 9.17) is 5.73 Å². The predicted molar refractivity (Wildman–Crippen MR) is 76.3 cm³/mol. The third kappa shape index (κ3) is 4.41. The second-order valence-corrected chi connectivity index (χ2v) is 5.12. The Morgan fingerprint density at radius 1 is 1.06 bits per heavy atom. The maximum atomic E-state index is 5.46. The minimum Gasteiger partial charge on any atom is -0.330 e. The third-order valence-electron chi connectivity index (χ3n) is 3.51. The molecule has 0 atom stereocenters. The van der Waals surface area contributed by atoms with Gasteiger partial charge >= 0.3 is 0 Å². The molecule has 0 aromatic heterocycles. The molecule has 2 rings (SSSR count). The lowest BCUT2D eigenvalue weighted by Crippen LogP contribution is -2.19. The highest BCUT2D eigenvalue weighted by Crippen LogP contribution is 2.13. The summed E-state index contributed by atoms with van der Waals surface area (Å²) >= 11 is 0. The number of hydrogen-bond donors (Lipinski definition) is 2. The van der Waals surface area contributed by atoms with Crippen molar-refractivity contribution in [3.63, 3.8) is 0 Å². The number of nitrogens with two attached hydrogens (primary N) is 1. The molecule has 1 aromatic rings. The molecule has 1 heterocycles. The number of rotatable bonds is 7. The van der Waals surface area contributed by atoms with Crippen molar-refractivity contribution in [1.82, 2.24) is 10.2 Å². The van der Waals surface area contributed by atoms with Crippen molar-refractivity contribution in [3.05, 3.63) is 35.4 Å². The first-order valence-electron chi connectivity index (χ1n) is 7.09. The molecule has 100 valence electrons. The summed E-state index contributed by atoms with van der Waals surface area (Å²) in [6.45, 7) is 6.36. The molecule has 1 saturated heterocycles. The summed E-state index contributed by atoms with van der Waals surface area (Å²) in [5, 5.41) is 3.40. The van der Waals surface area contributed by atoms with Crippen molar-refractivity contribution in [2.45, 2.75) is 32.4 Å². The Morgan fingerprint density at radius 3 is 2.39 bits per heavy atom. The molecule has 0 bridgehead atoms. The normalized spacial score (nSPS) is 16.3. The van der Waals surface area contributed by atoms with Crippen molar-refractivity contribution in [2.24, 2.45) is 5.73 Å². The van der Waals surface area contributed by atoms with Crippen LogP contribution in [0.1, 0.15) is 30.4 Å². The van der Waals surface area contributed by atoms with Crippen LogP contribution in [0.2, 0.25) is 0 Å². The molecule has 3 heteroatoms. The molecule has 1 aromatic carbocycles. The van der Waals surface area contributed by atoms with E-state index in [1.807, 2.05) is 0 Å². The zero-order valence-electron chi connectivity index (χ0n) is 11.2. The fraction of sp³-hybridized carbons (Fsp3) is 0.600. The van der Waals surface area contributed by atoms with Gasteiger partial charge in [0.25, 0.3) is 0 Å². The van der Waals surface area contributed by atoms with Crippen molar-refractivity contribution in [3.8, 4) is 0 Å². The standard InChI is InChI=1S/C15H25N3/c16-8-3-9-17-12-14-4-6-15(7-5-14)13-18-10-1-2-11-18/h4-7,17H,1-3,8-13,16H2. The maximum absolute atomic E-state index is 5.46. The van der Waals surface area contributed by atoms with Crippen LogP contribution in [-0.4, -0.2) is 31.1 Å². The first-order chi connectivity index (χ1) is 8.88. The number of nitrogens with zero attached hydrogens (tertiary/aromatic N) is 1. The molecule has 0 radical (unpaired) electrons. The van der Waals surface area contributed by atoms with E-state index in [2.05, 4.69) is 34.5 Å². The average molecular weight is 247 g/mol. The fourth-order valence-corrected chi connectivity index (χ4v) is 2.42. The maximum Gasteiger partial charge on any atom is 0.0233 e. The summed E-state index contributed by atoms with van der Waals surface area (Å²) in [6.07, 6.45) is 3.78. The van der Waals surface area contributed by atoms with Crippen LogP contribution >= 0.6 is 0 Å². The van der Waals surface area contributed by atoms with Crippen LogP contribution in [0.25, 0.3) is 0 Å². The van der Waals surface area contributed by atoms with Gasteiger partial charge in [-0.1, -0.05) is 24.3 Å². The van der Waals surface area contributed by atoms with E-state index in [1.54, 1.807) is 0 Å². The Balaban J connectivity index is 1.74. The molecule has 0 unspecified atom stereocenters. The van der Waals surface area contributed by atoms with Crippen LogP contribution in [0.15, 0.2) is 24.3 Å². The summed E-state index contributed by atoms with van der Waals surface area (Å²) in [4.78, 5) is 2.54. The first kappa shape index (κ1) is 13.5. The topological polar surface area (TPSA) is 41.3 Å². The average Bonchev–Trinajstić information content (AvgIpc) is 2.89. The highest BCUT2D eigenvalue weighted by Gasteiger charge is 2.11. The zero-order chi connectivity index (χ0) is 12.6. The van der Waals surface area contributed by atoms with Gasteiger partial charge in [-0.3, -0.25) is 4.90 Å². The minimum atomic E-state index is 0.766. The lowest BCUT2D eigenvalue weighted by molar-refractivity contribution is 0.331. The summed E-state index contributed by atoms with van der Waals surface area (Å²) in [5.41, 5.74) is 8.25. The fourth-order valence-electron chi connectivity index (χ4n) is 2.42. The Morgan fingerprint density at radius 2 is 1.72 bits per heavy atom. The summed E-state index contributed by atoms with van der Waals surface area (Å²) in [6, 6.07) is 9.00. The zero-order valence-corrected chi connectivity index (χ0v) is 11.2.